The van der Waals surface area contributed by atoms with Crippen molar-refractivity contribution in [3.8, 4) is 11.5 Å². The molecule has 0 radical (unpaired) electrons. The first-order chi connectivity index (χ1) is 18.7. The van der Waals surface area contributed by atoms with Crippen LogP contribution < -0.4 is 9.47 Å². The lowest BCUT2D eigenvalue weighted by Gasteiger charge is -2.45. The van der Waals surface area contributed by atoms with Crippen LogP contribution in [0.5, 0.6) is 11.5 Å². The zero-order valence-electron chi connectivity index (χ0n) is 21.5. The van der Waals surface area contributed by atoms with Gasteiger partial charge in [0.25, 0.3) is 0 Å². The number of hydrogen-bond acceptors (Lipinski definition) is 3. The fourth-order valence-corrected chi connectivity index (χ4v) is 6.18. The third-order valence-electron chi connectivity index (χ3n) is 8.34. The highest BCUT2D eigenvalue weighted by Gasteiger charge is 2.49. The van der Waals surface area contributed by atoms with Gasteiger partial charge in [-0.3, -0.25) is 4.79 Å². The normalized spacial score (nSPS) is 22.7. The first-order valence-corrected chi connectivity index (χ1v) is 13.2. The number of aryl methyl sites for hydroxylation is 1. The van der Waals surface area contributed by atoms with Crippen LogP contribution in [-0.2, 0) is 17.8 Å². The molecule has 2 aliphatic rings. The van der Waals surface area contributed by atoms with Crippen molar-refractivity contribution < 1.29 is 36.2 Å². The zero-order chi connectivity index (χ0) is 27.7. The molecule has 0 aromatic heterocycles. The van der Waals surface area contributed by atoms with Crippen molar-refractivity contribution >= 4 is 5.97 Å². The quantitative estimate of drug-likeness (QED) is 0.107. The van der Waals surface area contributed by atoms with E-state index in [-0.39, 0.29) is 11.8 Å². The second-order valence-corrected chi connectivity index (χ2v) is 10.7. The molecule has 0 spiro atoms. The highest BCUT2D eigenvalue weighted by Crippen LogP contribution is 2.52. The summed E-state index contributed by atoms with van der Waals surface area (Å²) in [6.07, 6.45) is 4.95. The summed E-state index contributed by atoms with van der Waals surface area (Å²) in [6.45, 7) is 2.09. The highest BCUT2D eigenvalue weighted by atomic mass is 19.2. The smallest absolute Gasteiger partial charge is 0.317 e. The number of esters is 1. The van der Waals surface area contributed by atoms with E-state index in [1.807, 2.05) is 48.5 Å². The molecule has 1 saturated carbocycles. The Morgan fingerprint density at radius 3 is 2.28 bits per heavy atom. The molecule has 0 unspecified atom stereocenters. The molecule has 39 heavy (non-hydrogen) atoms. The summed E-state index contributed by atoms with van der Waals surface area (Å²) in [7, 11) is 0. The average Bonchev–Trinajstić information content (AvgIpc) is 2.95. The minimum absolute atomic E-state index is 0.0525. The van der Waals surface area contributed by atoms with Crippen molar-refractivity contribution in [2.24, 2.45) is 11.3 Å². The number of fused-ring (bicyclic) bond motifs is 3. The van der Waals surface area contributed by atoms with Gasteiger partial charge in [-0.2, -0.15) is 8.78 Å². The summed E-state index contributed by atoms with van der Waals surface area (Å²) in [6, 6.07) is 15.7. The minimum Gasteiger partial charge on any atom is -0.489 e. The third-order valence-corrected chi connectivity index (χ3v) is 8.34. The molecule has 206 valence electrons. The van der Waals surface area contributed by atoms with E-state index in [0.717, 1.165) is 36.0 Å². The molecule has 3 atom stereocenters. The molecule has 0 heterocycles. The van der Waals surface area contributed by atoms with Crippen molar-refractivity contribution in [3.63, 3.8) is 0 Å². The number of carbonyl (C=O) groups is 1. The summed E-state index contributed by atoms with van der Waals surface area (Å²) < 4.78 is 80.9. The molecular formula is C31H29F5O3. The number of halogens is 5. The third kappa shape index (κ3) is 5.13. The predicted octanol–water partition coefficient (Wildman–Crippen LogP) is 8.18. The number of rotatable bonds is 5. The topological polar surface area (TPSA) is 35.5 Å². The van der Waals surface area contributed by atoms with Gasteiger partial charge in [0.05, 0.1) is 5.41 Å². The number of carbonyl (C=O) groups excluding carboxylic acids is 1. The monoisotopic (exact) mass is 544 g/mol. The Hall–Kier alpha value is -3.42. The van der Waals surface area contributed by atoms with E-state index in [2.05, 4.69) is 0 Å². The fraction of sp³-hybridized carbons (Fsp3) is 0.387. The number of hydrogen-bond donors (Lipinski definition) is 0. The van der Waals surface area contributed by atoms with Gasteiger partial charge in [-0.1, -0.05) is 55.7 Å². The molecule has 3 aromatic rings. The molecule has 0 amide bonds. The first kappa shape index (κ1) is 27.2. The molecule has 0 bridgehead atoms. The Balaban J connectivity index is 1.44. The van der Waals surface area contributed by atoms with Gasteiger partial charge in [-0.05, 0) is 73.3 Å². The second-order valence-electron chi connectivity index (χ2n) is 10.7. The Labute approximate surface area is 223 Å². The average molecular weight is 545 g/mol. The Kier molecular flexibility index (Phi) is 7.65. The van der Waals surface area contributed by atoms with Crippen LogP contribution in [-0.4, -0.2) is 5.97 Å². The van der Waals surface area contributed by atoms with E-state index in [1.54, 1.807) is 6.92 Å². The maximum Gasteiger partial charge on any atom is 0.317 e. The van der Waals surface area contributed by atoms with Crippen LogP contribution in [0.25, 0.3) is 0 Å². The van der Waals surface area contributed by atoms with E-state index in [4.69, 9.17) is 9.47 Å². The molecule has 2 aliphatic carbocycles. The van der Waals surface area contributed by atoms with Gasteiger partial charge < -0.3 is 9.47 Å². The summed E-state index contributed by atoms with van der Waals surface area (Å²) in [5.41, 5.74) is 2.06. The van der Waals surface area contributed by atoms with Gasteiger partial charge in [0.15, 0.2) is 0 Å². The Morgan fingerprint density at radius 2 is 1.56 bits per heavy atom. The summed E-state index contributed by atoms with van der Waals surface area (Å²) in [4.78, 5) is 13.5. The van der Waals surface area contributed by atoms with Gasteiger partial charge in [0.2, 0.25) is 34.8 Å². The summed E-state index contributed by atoms with van der Waals surface area (Å²) in [5, 5.41) is 0. The van der Waals surface area contributed by atoms with Gasteiger partial charge in [-0.15, -0.1) is 0 Å². The van der Waals surface area contributed by atoms with Gasteiger partial charge >= 0.3 is 5.97 Å². The van der Waals surface area contributed by atoms with Gasteiger partial charge in [-0.25, -0.2) is 13.2 Å². The second kappa shape index (κ2) is 11.0. The molecule has 0 saturated heterocycles. The fourth-order valence-electron chi connectivity index (χ4n) is 6.18. The van der Waals surface area contributed by atoms with Crippen molar-refractivity contribution in [3.05, 3.63) is 94.3 Å². The molecule has 0 N–H and O–H groups in total. The number of ether oxygens (including phenoxy) is 2. The maximum absolute atomic E-state index is 14.4. The molecular weight excluding hydrogens is 515 g/mol. The summed E-state index contributed by atoms with van der Waals surface area (Å²) in [5.74, 6) is -13.0. The van der Waals surface area contributed by atoms with Gasteiger partial charge in [0.1, 0.15) is 12.4 Å². The lowest BCUT2D eigenvalue weighted by Crippen LogP contribution is -2.44. The van der Waals surface area contributed by atoms with Crippen molar-refractivity contribution in [1.82, 2.24) is 0 Å². The van der Waals surface area contributed by atoms with E-state index >= 15 is 0 Å². The lowest BCUT2D eigenvalue weighted by molar-refractivity contribution is -0.151. The van der Waals surface area contributed by atoms with E-state index < -0.39 is 46.2 Å². The largest absolute Gasteiger partial charge is 0.489 e. The van der Waals surface area contributed by atoms with Crippen molar-refractivity contribution in [2.75, 3.05) is 0 Å². The van der Waals surface area contributed by atoms with Crippen LogP contribution in [0.2, 0.25) is 0 Å². The molecule has 5 rings (SSSR count). The van der Waals surface area contributed by atoms with Crippen molar-refractivity contribution in [1.29, 1.82) is 0 Å². The molecule has 1 fully saturated rings. The standard InChI is InChI=1S/C31H29F5O3/c1-31(30(37)39-29-27(35)25(33)24(32)26(34)28(29)36)15-7-3-6-10-21-22-16-20(13-11-19(22)12-14-23(21)31)38-17-18-8-4-2-5-9-18/h2,4-5,8-9,11,13,16,21,23H,3,6-7,10,12,14-15,17H2,1H3/t21-,23+,31-/m0/s1. The Morgan fingerprint density at radius 1 is 0.872 bits per heavy atom. The SMILES string of the molecule is C[C@]1(C(=O)Oc2c(F)c(F)c(F)c(F)c2F)CCCCC[C@H]2c3cc(OCc4ccccc4)ccc3CC[C@H]21. The summed E-state index contributed by atoms with van der Waals surface area (Å²) >= 11 is 0. The van der Waals surface area contributed by atoms with Crippen LogP contribution in [0.3, 0.4) is 0 Å². The molecule has 0 aliphatic heterocycles. The van der Waals surface area contributed by atoms with E-state index in [9.17, 15) is 26.7 Å². The molecule has 3 aromatic carbocycles. The minimum atomic E-state index is -2.30. The van der Waals surface area contributed by atoms with Crippen molar-refractivity contribution in [2.45, 2.75) is 64.4 Å². The van der Waals surface area contributed by atoms with Crippen LogP contribution >= 0.6 is 0 Å². The Bertz CT molecular complexity index is 1350. The van der Waals surface area contributed by atoms with Crippen LogP contribution in [0, 0.1) is 40.4 Å². The lowest BCUT2D eigenvalue weighted by atomic mass is 9.59. The first-order valence-electron chi connectivity index (χ1n) is 13.2. The predicted molar refractivity (Wildman–Crippen MR) is 135 cm³/mol. The number of benzene rings is 3. The molecule has 3 nitrogen and oxygen atoms in total. The highest BCUT2D eigenvalue weighted by molar-refractivity contribution is 5.79. The maximum atomic E-state index is 14.4. The van der Waals surface area contributed by atoms with E-state index in [1.165, 1.54) is 0 Å². The van der Waals surface area contributed by atoms with Crippen LogP contribution in [0.4, 0.5) is 22.0 Å². The van der Waals surface area contributed by atoms with Crippen LogP contribution in [0.15, 0.2) is 48.5 Å². The zero-order valence-corrected chi connectivity index (χ0v) is 21.5. The van der Waals surface area contributed by atoms with Crippen LogP contribution in [0.1, 0.15) is 68.1 Å². The van der Waals surface area contributed by atoms with E-state index in [0.29, 0.717) is 38.0 Å². The van der Waals surface area contributed by atoms with Gasteiger partial charge in [0, 0.05) is 0 Å². The molecule has 8 heteroatoms.